The molecule has 2 heterocycles. The predicted molar refractivity (Wildman–Crippen MR) is 121 cm³/mol. The van der Waals surface area contributed by atoms with Crippen molar-refractivity contribution in [2.75, 3.05) is 25.4 Å². The van der Waals surface area contributed by atoms with E-state index in [0.29, 0.717) is 11.9 Å². The molecule has 29 heavy (non-hydrogen) atoms. The highest BCUT2D eigenvalue weighted by Crippen LogP contribution is 2.19. The van der Waals surface area contributed by atoms with Crippen molar-refractivity contribution < 1.29 is 0 Å². The molecule has 0 amide bonds. The summed E-state index contributed by atoms with van der Waals surface area (Å²) in [4.78, 5) is 6.96. The normalized spacial score (nSPS) is 15.4. The lowest BCUT2D eigenvalue weighted by Gasteiger charge is -2.32. The fourth-order valence-corrected chi connectivity index (χ4v) is 4.01. The number of aromatic nitrogens is 1. The first kappa shape index (κ1) is 19.6. The molecular weight excluding hydrogens is 356 g/mol. The Morgan fingerprint density at radius 1 is 0.862 bits per heavy atom. The van der Waals surface area contributed by atoms with Crippen LogP contribution < -0.4 is 11.1 Å². The van der Waals surface area contributed by atoms with E-state index >= 15 is 0 Å². The van der Waals surface area contributed by atoms with Crippen molar-refractivity contribution in [2.45, 2.75) is 31.8 Å². The van der Waals surface area contributed by atoms with E-state index in [1.54, 1.807) is 0 Å². The van der Waals surface area contributed by atoms with Gasteiger partial charge in [0.15, 0.2) is 0 Å². The molecule has 2 aromatic carbocycles. The van der Waals surface area contributed by atoms with E-state index in [-0.39, 0.29) is 0 Å². The van der Waals surface area contributed by atoms with E-state index in [1.165, 1.54) is 37.1 Å². The van der Waals surface area contributed by atoms with Gasteiger partial charge in [-0.3, -0.25) is 4.90 Å². The number of nitrogens with one attached hydrogen (secondary N) is 1. The van der Waals surface area contributed by atoms with Gasteiger partial charge in [0, 0.05) is 18.2 Å². The summed E-state index contributed by atoms with van der Waals surface area (Å²) in [6.45, 7) is 4.45. The zero-order valence-corrected chi connectivity index (χ0v) is 16.9. The maximum atomic E-state index is 5.79. The molecule has 3 aromatic rings. The van der Waals surface area contributed by atoms with E-state index in [2.05, 4.69) is 69.8 Å². The molecule has 0 atom stereocenters. The van der Waals surface area contributed by atoms with Crippen LogP contribution in [0.15, 0.2) is 72.8 Å². The average Bonchev–Trinajstić information content (AvgIpc) is 2.76. The topological polar surface area (TPSA) is 54.2 Å². The number of nitrogens with zero attached hydrogens (tertiary/aromatic N) is 2. The monoisotopic (exact) mass is 386 g/mol. The Morgan fingerprint density at radius 3 is 2.34 bits per heavy atom. The summed E-state index contributed by atoms with van der Waals surface area (Å²) in [5.74, 6) is 0.561. The summed E-state index contributed by atoms with van der Waals surface area (Å²) in [6, 6.07) is 25.8. The number of likely N-dealkylation sites (tertiary alicyclic amines) is 1. The number of nitrogen functional groups attached to an aromatic ring is 1. The predicted octanol–water partition coefficient (Wildman–Crippen LogP) is 4.13. The van der Waals surface area contributed by atoms with Crippen LogP contribution >= 0.6 is 0 Å². The Balaban J connectivity index is 1.19. The number of pyridine rings is 1. The Morgan fingerprint density at radius 2 is 1.62 bits per heavy atom. The molecule has 1 fully saturated rings. The van der Waals surface area contributed by atoms with Gasteiger partial charge < -0.3 is 11.1 Å². The second-order valence-electron chi connectivity index (χ2n) is 7.88. The second kappa shape index (κ2) is 9.68. The third kappa shape index (κ3) is 5.66. The quantitative estimate of drug-likeness (QED) is 0.641. The van der Waals surface area contributed by atoms with Gasteiger partial charge in [-0.05, 0) is 62.2 Å². The van der Waals surface area contributed by atoms with E-state index in [1.807, 2.05) is 18.2 Å². The standard InChI is InChI=1S/C25H30N4/c26-25-8-4-7-24(28-25)22-11-9-20(10-12-22)13-16-27-23-14-17-29(18-15-23)19-21-5-2-1-3-6-21/h1-12,23,27H,13-19H2,(H2,26,28). The molecule has 0 aliphatic carbocycles. The van der Waals surface area contributed by atoms with Crippen molar-refractivity contribution in [3.05, 3.63) is 83.9 Å². The number of piperidine rings is 1. The van der Waals surface area contributed by atoms with Crippen LogP contribution in [0.4, 0.5) is 5.82 Å². The van der Waals surface area contributed by atoms with E-state index in [4.69, 9.17) is 5.73 Å². The van der Waals surface area contributed by atoms with Gasteiger partial charge in [0.2, 0.25) is 0 Å². The largest absolute Gasteiger partial charge is 0.384 e. The molecule has 0 unspecified atom stereocenters. The van der Waals surface area contributed by atoms with Crippen molar-refractivity contribution >= 4 is 5.82 Å². The lowest BCUT2D eigenvalue weighted by atomic mass is 10.0. The van der Waals surface area contributed by atoms with Crippen molar-refractivity contribution in [3.63, 3.8) is 0 Å². The zero-order valence-electron chi connectivity index (χ0n) is 16.9. The molecule has 4 heteroatoms. The SMILES string of the molecule is Nc1cccc(-c2ccc(CCNC3CCN(Cc4ccccc4)CC3)cc2)n1. The Hall–Kier alpha value is -2.69. The maximum absolute atomic E-state index is 5.79. The zero-order chi connectivity index (χ0) is 19.9. The van der Waals surface area contributed by atoms with E-state index < -0.39 is 0 Å². The lowest BCUT2D eigenvalue weighted by molar-refractivity contribution is 0.191. The van der Waals surface area contributed by atoms with Crippen LogP contribution in [-0.4, -0.2) is 35.6 Å². The number of anilines is 1. The smallest absolute Gasteiger partial charge is 0.124 e. The highest BCUT2D eigenvalue weighted by Gasteiger charge is 2.18. The average molecular weight is 387 g/mol. The number of hydrogen-bond donors (Lipinski definition) is 2. The van der Waals surface area contributed by atoms with Crippen LogP contribution in [0.25, 0.3) is 11.3 Å². The van der Waals surface area contributed by atoms with Crippen LogP contribution in [0.1, 0.15) is 24.0 Å². The highest BCUT2D eigenvalue weighted by atomic mass is 15.1. The van der Waals surface area contributed by atoms with Crippen LogP contribution in [0.5, 0.6) is 0 Å². The summed E-state index contributed by atoms with van der Waals surface area (Å²) < 4.78 is 0. The Kier molecular flexibility index (Phi) is 6.55. The summed E-state index contributed by atoms with van der Waals surface area (Å²) in [5, 5.41) is 3.75. The molecule has 0 radical (unpaired) electrons. The minimum Gasteiger partial charge on any atom is -0.384 e. The van der Waals surface area contributed by atoms with E-state index in [0.717, 1.165) is 30.8 Å². The van der Waals surface area contributed by atoms with Crippen molar-refractivity contribution in [3.8, 4) is 11.3 Å². The summed E-state index contributed by atoms with van der Waals surface area (Å²) in [7, 11) is 0. The van der Waals surface area contributed by atoms with Gasteiger partial charge in [-0.15, -0.1) is 0 Å². The van der Waals surface area contributed by atoms with Crippen LogP contribution in [0.2, 0.25) is 0 Å². The van der Waals surface area contributed by atoms with Gasteiger partial charge in [-0.1, -0.05) is 60.7 Å². The van der Waals surface area contributed by atoms with Gasteiger partial charge in [0.05, 0.1) is 5.69 Å². The number of benzene rings is 2. The number of nitrogens with two attached hydrogens (primary N) is 1. The molecular formula is C25H30N4. The molecule has 150 valence electrons. The van der Waals surface area contributed by atoms with Crippen molar-refractivity contribution in [1.82, 2.24) is 15.2 Å². The maximum Gasteiger partial charge on any atom is 0.124 e. The minimum atomic E-state index is 0.561. The molecule has 3 N–H and O–H groups in total. The second-order valence-corrected chi connectivity index (χ2v) is 7.88. The minimum absolute atomic E-state index is 0.561. The van der Waals surface area contributed by atoms with Gasteiger partial charge in [0.25, 0.3) is 0 Å². The molecule has 4 nitrogen and oxygen atoms in total. The third-order valence-electron chi connectivity index (χ3n) is 5.70. The van der Waals surface area contributed by atoms with Gasteiger partial charge in [-0.25, -0.2) is 4.98 Å². The molecule has 0 spiro atoms. The fourth-order valence-electron chi connectivity index (χ4n) is 4.01. The van der Waals surface area contributed by atoms with Crippen LogP contribution in [0, 0.1) is 0 Å². The van der Waals surface area contributed by atoms with Crippen molar-refractivity contribution in [2.24, 2.45) is 0 Å². The summed E-state index contributed by atoms with van der Waals surface area (Å²) in [6.07, 6.45) is 3.51. The van der Waals surface area contributed by atoms with Gasteiger partial charge >= 0.3 is 0 Å². The molecule has 0 saturated carbocycles. The van der Waals surface area contributed by atoms with Crippen LogP contribution in [-0.2, 0) is 13.0 Å². The first-order chi connectivity index (χ1) is 14.3. The summed E-state index contributed by atoms with van der Waals surface area (Å²) >= 11 is 0. The molecule has 1 saturated heterocycles. The number of rotatable bonds is 7. The first-order valence-electron chi connectivity index (χ1n) is 10.6. The van der Waals surface area contributed by atoms with Gasteiger partial charge in [0.1, 0.15) is 5.82 Å². The lowest BCUT2D eigenvalue weighted by Crippen LogP contribution is -2.42. The fraction of sp³-hybridized carbons (Fsp3) is 0.320. The van der Waals surface area contributed by atoms with Crippen molar-refractivity contribution in [1.29, 1.82) is 0 Å². The van der Waals surface area contributed by atoms with E-state index in [9.17, 15) is 0 Å². The van der Waals surface area contributed by atoms with Crippen LogP contribution in [0.3, 0.4) is 0 Å². The number of hydrogen-bond acceptors (Lipinski definition) is 4. The molecule has 0 bridgehead atoms. The molecule has 1 aliphatic rings. The first-order valence-corrected chi connectivity index (χ1v) is 10.6. The van der Waals surface area contributed by atoms with Gasteiger partial charge in [-0.2, -0.15) is 0 Å². The third-order valence-corrected chi connectivity index (χ3v) is 5.70. The Labute approximate surface area is 173 Å². The Bertz CT molecular complexity index is 884. The highest BCUT2D eigenvalue weighted by molar-refractivity contribution is 5.61. The molecule has 1 aromatic heterocycles. The molecule has 4 rings (SSSR count). The summed E-state index contributed by atoms with van der Waals surface area (Å²) in [5.41, 5.74) is 10.6. The molecule has 1 aliphatic heterocycles.